The molecule has 5 nitrogen and oxygen atoms in total. The van der Waals surface area contributed by atoms with E-state index in [1.807, 2.05) is 42.5 Å². The third kappa shape index (κ3) is 6.50. The van der Waals surface area contributed by atoms with Crippen LogP contribution in [0.3, 0.4) is 0 Å². The fraction of sp³-hybridized carbons (Fsp3) is 0.208. The van der Waals surface area contributed by atoms with Crippen LogP contribution in [-0.4, -0.2) is 18.7 Å². The molecule has 0 fully saturated rings. The van der Waals surface area contributed by atoms with Gasteiger partial charge in [0.2, 0.25) is 0 Å². The SMILES string of the molecule is CCOC(=O)C(Cc1ccccc1)CP(=O)(Oc1ccccc1)Oc1ccccc1. The Hall–Kier alpha value is -3.04. The van der Waals surface area contributed by atoms with Gasteiger partial charge in [0, 0.05) is 0 Å². The highest BCUT2D eigenvalue weighted by molar-refractivity contribution is 7.54. The van der Waals surface area contributed by atoms with E-state index >= 15 is 0 Å². The quantitative estimate of drug-likeness (QED) is 0.306. The molecule has 0 radical (unpaired) electrons. The highest BCUT2D eigenvalue weighted by Crippen LogP contribution is 2.50. The van der Waals surface area contributed by atoms with Crippen LogP contribution in [0.25, 0.3) is 0 Å². The minimum absolute atomic E-state index is 0.107. The summed E-state index contributed by atoms with van der Waals surface area (Å²) in [6.45, 7) is 1.99. The molecular weight excluding hydrogens is 399 g/mol. The predicted molar refractivity (Wildman–Crippen MR) is 117 cm³/mol. The van der Waals surface area contributed by atoms with E-state index in [4.69, 9.17) is 13.8 Å². The Morgan fingerprint density at radius 1 is 0.800 bits per heavy atom. The average Bonchev–Trinajstić information content (AvgIpc) is 2.75. The van der Waals surface area contributed by atoms with E-state index < -0.39 is 19.5 Å². The van der Waals surface area contributed by atoms with Gasteiger partial charge in [-0.1, -0.05) is 66.7 Å². The van der Waals surface area contributed by atoms with Gasteiger partial charge in [-0.15, -0.1) is 0 Å². The molecule has 3 aromatic rings. The van der Waals surface area contributed by atoms with Crippen LogP contribution < -0.4 is 9.05 Å². The first-order chi connectivity index (χ1) is 14.6. The molecule has 0 saturated heterocycles. The summed E-state index contributed by atoms with van der Waals surface area (Å²) in [6.07, 6.45) is 0.268. The number of rotatable bonds is 10. The molecule has 0 spiro atoms. The van der Waals surface area contributed by atoms with Crippen molar-refractivity contribution in [1.29, 1.82) is 0 Å². The highest BCUT2D eigenvalue weighted by atomic mass is 31.2. The maximum absolute atomic E-state index is 13.8. The Balaban J connectivity index is 1.88. The Labute approximate surface area is 177 Å². The molecule has 0 N–H and O–H groups in total. The van der Waals surface area contributed by atoms with Crippen molar-refractivity contribution in [3.8, 4) is 11.5 Å². The normalized spacial score (nSPS) is 12.0. The van der Waals surface area contributed by atoms with Crippen molar-refractivity contribution >= 4 is 13.6 Å². The van der Waals surface area contributed by atoms with E-state index in [0.29, 0.717) is 17.9 Å². The van der Waals surface area contributed by atoms with E-state index in [-0.39, 0.29) is 12.8 Å². The fourth-order valence-corrected chi connectivity index (χ4v) is 4.92. The van der Waals surface area contributed by atoms with Gasteiger partial charge in [0.05, 0.1) is 18.7 Å². The summed E-state index contributed by atoms with van der Waals surface area (Å²) in [5.41, 5.74) is 0.946. The van der Waals surface area contributed by atoms with Crippen molar-refractivity contribution in [1.82, 2.24) is 0 Å². The van der Waals surface area contributed by atoms with Crippen LogP contribution in [0.15, 0.2) is 91.0 Å². The lowest BCUT2D eigenvalue weighted by Gasteiger charge is -2.24. The number of carbonyl (C=O) groups excluding carboxylic acids is 1. The van der Waals surface area contributed by atoms with Crippen molar-refractivity contribution in [2.75, 3.05) is 12.8 Å². The van der Waals surface area contributed by atoms with Crippen LogP contribution in [0.5, 0.6) is 11.5 Å². The maximum Gasteiger partial charge on any atom is 0.431 e. The largest absolute Gasteiger partial charge is 0.466 e. The lowest BCUT2D eigenvalue weighted by Crippen LogP contribution is -2.26. The minimum Gasteiger partial charge on any atom is -0.466 e. The monoisotopic (exact) mass is 424 g/mol. The molecule has 6 heteroatoms. The number of hydrogen-bond acceptors (Lipinski definition) is 5. The molecule has 156 valence electrons. The number of carbonyl (C=O) groups is 1. The first kappa shape index (κ1) is 21.7. The molecule has 0 saturated carbocycles. The molecule has 0 aromatic heterocycles. The fourth-order valence-electron chi connectivity index (χ4n) is 3.03. The lowest BCUT2D eigenvalue weighted by molar-refractivity contribution is -0.147. The number of benzene rings is 3. The van der Waals surface area contributed by atoms with Crippen LogP contribution >= 0.6 is 7.60 Å². The molecule has 0 bridgehead atoms. The molecule has 0 aliphatic carbocycles. The van der Waals surface area contributed by atoms with Gasteiger partial charge in [-0.05, 0) is 43.2 Å². The van der Waals surface area contributed by atoms with Crippen molar-refractivity contribution in [2.45, 2.75) is 13.3 Å². The van der Waals surface area contributed by atoms with Crippen LogP contribution in [-0.2, 0) is 20.5 Å². The molecular formula is C24H25O5P. The number of hydrogen-bond donors (Lipinski definition) is 0. The average molecular weight is 424 g/mol. The molecule has 1 unspecified atom stereocenters. The van der Waals surface area contributed by atoms with Gasteiger partial charge in [-0.3, -0.25) is 4.79 Å². The second-order valence-electron chi connectivity index (χ2n) is 6.74. The summed E-state index contributed by atoms with van der Waals surface area (Å²) in [5.74, 6) is -0.265. The zero-order chi connectivity index (χ0) is 21.2. The Morgan fingerprint density at radius 2 is 1.27 bits per heavy atom. The second-order valence-corrected chi connectivity index (χ2v) is 8.69. The van der Waals surface area contributed by atoms with Crippen molar-refractivity contribution < 1.29 is 23.1 Å². The van der Waals surface area contributed by atoms with Crippen molar-refractivity contribution in [3.05, 3.63) is 96.6 Å². The molecule has 0 heterocycles. The molecule has 0 aliphatic heterocycles. The number of ether oxygens (including phenoxy) is 1. The maximum atomic E-state index is 13.8. The minimum atomic E-state index is -3.73. The molecule has 0 amide bonds. The topological polar surface area (TPSA) is 61.8 Å². The summed E-state index contributed by atoms with van der Waals surface area (Å²) in [4.78, 5) is 12.7. The van der Waals surface area contributed by atoms with E-state index in [1.165, 1.54) is 0 Å². The summed E-state index contributed by atoms with van der Waals surface area (Å²) < 4.78 is 30.7. The molecule has 3 rings (SSSR count). The van der Waals surface area contributed by atoms with Crippen LogP contribution in [0.2, 0.25) is 0 Å². The van der Waals surface area contributed by atoms with Gasteiger partial charge < -0.3 is 13.8 Å². The Kier molecular flexibility index (Phi) is 7.69. The smallest absolute Gasteiger partial charge is 0.431 e. The summed E-state index contributed by atoms with van der Waals surface area (Å²) in [6, 6.07) is 27.2. The molecule has 3 aromatic carbocycles. The van der Waals surface area contributed by atoms with Crippen molar-refractivity contribution in [3.63, 3.8) is 0 Å². The lowest BCUT2D eigenvalue weighted by atomic mass is 10.0. The van der Waals surface area contributed by atoms with Crippen LogP contribution in [0.4, 0.5) is 0 Å². The molecule has 1 atom stereocenters. The number of esters is 1. The highest BCUT2D eigenvalue weighted by Gasteiger charge is 2.36. The third-order valence-corrected chi connectivity index (χ3v) is 6.23. The van der Waals surface area contributed by atoms with Crippen LogP contribution in [0.1, 0.15) is 12.5 Å². The summed E-state index contributed by atoms with van der Waals surface area (Å²) in [7, 11) is -3.73. The van der Waals surface area contributed by atoms with Crippen LogP contribution in [0, 0.1) is 5.92 Å². The zero-order valence-corrected chi connectivity index (χ0v) is 17.7. The Bertz CT molecular complexity index is 915. The second kappa shape index (κ2) is 10.7. The van der Waals surface area contributed by atoms with Gasteiger partial charge in [-0.2, -0.15) is 0 Å². The van der Waals surface area contributed by atoms with E-state index in [0.717, 1.165) is 5.56 Å². The van der Waals surface area contributed by atoms with Gasteiger partial charge in [0.1, 0.15) is 11.5 Å². The summed E-state index contributed by atoms with van der Waals surface area (Å²) in [5, 5.41) is 0. The van der Waals surface area contributed by atoms with E-state index in [9.17, 15) is 9.36 Å². The molecule has 0 aliphatic rings. The first-order valence-electron chi connectivity index (χ1n) is 9.87. The first-order valence-corrected chi connectivity index (χ1v) is 11.6. The summed E-state index contributed by atoms with van der Waals surface area (Å²) >= 11 is 0. The van der Waals surface area contributed by atoms with Gasteiger partial charge in [-0.25, -0.2) is 4.57 Å². The molecule has 30 heavy (non-hydrogen) atoms. The van der Waals surface area contributed by atoms with Crippen molar-refractivity contribution in [2.24, 2.45) is 5.92 Å². The predicted octanol–water partition coefficient (Wildman–Crippen LogP) is 5.76. The third-order valence-electron chi connectivity index (χ3n) is 4.36. The van der Waals surface area contributed by atoms with Gasteiger partial charge in [0.25, 0.3) is 0 Å². The van der Waals surface area contributed by atoms with Gasteiger partial charge in [0.15, 0.2) is 0 Å². The van der Waals surface area contributed by atoms with Gasteiger partial charge >= 0.3 is 13.6 Å². The van der Waals surface area contributed by atoms with E-state index in [1.54, 1.807) is 55.5 Å². The number of para-hydroxylation sites is 2. The standard InChI is InChI=1S/C24H25O5P/c1-2-27-24(25)21(18-20-12-6-3-7-13-20)19-30(26,28-22-14-8-4-9-15-22)29-23-16-10-5-11-17-23/h3-17,21H,2,18-19H2,1H3. The van der Waals surface area contributed by atoms with E-state index in [2.05, 4.69) is 0 Å². The Morgan fingerprint density at radius 3 is 1.73 bits per heavy atom. The zero-order valence-electron chi connectivity index (χ0n) is 16.8.